The second-order valence-corrected chi connectivity index (χ2v) is 9.62. The summed E-state index contributed by atoms with van der Waals surface area (Å²) >= 11 is 0. The standard InChI is InChI=1S/C26H35BN6O6/c1-15(2)23(25(38)31-19(5-4-12-29-26(28)39)24(37)30-16(3)14-27)32-20(34)13-17-6-8-18(9-7-17)33-21(35)10-11-22(33)36/h6-11,15-16,19,23H,4-5,12-14H2,1-3H3,(H,30,37)(H,31,38)(H,32,34)(H3,28,29,39)/t16-,19-,23?/m0/s1. The molecule has 0 saturated heterocycles. The minimum Gasteiger partial charge on any atom is -0.353 e. The van der Waals surface area contributed by atoms with Crippen molar-refractivity contribution < 1.29 is 28.8 Å². The van der Waals surface area contributed by atoms with Gasteiger partial charge in [-0.3, -0.25) is 24.0 Å². The van der Waals surface area contributed by atoms with Gasteiger partial charge in [0, 0.05) is 24.7 Å². The molecule has 1 unspecified atom stereocenters. The summed E-state index contributed by atoms with van der Waals surface area (Å²) < 4.78 is 0. The Morgan fingerprint density at radius 2 is 1.54 bits per heavy atom. The van der Waals surface area contributed by atoms with Crippen LogP contribution in [0.2, 0.25) is 6.32 Å². The van der Waals surface area contributed by atoms with Gasteiger partial charge in [-0.15, -0.1) is 0 Å². The van der Waals surface area contributed by atoms with Crippen molar-refractivity contribution in [1.29, 1.82) is 0 Å². The predicted molar refractivity (Wildman–Crippen MR) is 145 cm³/mol. The monoisotopic (exact) mass is 538 g/mol. The van der Waals surface area contributed by atoms with E-state index in [2.05, 4.69) is 21.3 Å². The van der Waals surface area contributed by atoms with E-state index in [1.807, 2.05) is 0 Å². The zero-order valence-electron chi connectivity index (χ0n) is 22.4. The highest BCUT2D eigenvalue weighted by atomic mass is 16.2. The van der Waals surface area contributed by atoms with Gasteiger partial charge in [-0.05, 0) is 43.4 Å². The minimum atomic E-state index is -0.923. The summed E-state index contributed by atoms with van der Waals surface area (Å²) in [6.45, 7) is 5.48. The summed E-state index contributed by atoms with van der Waals surface area (Å²) in [7, 11) is 5.59. The molecule has 13 heteroatoms. The Bertz CT molecular complexity index is 1090. The van der Waals surface area contributed by atoms with Crippen LogP contribution in [0, 0.1) is 5.92 Å². The van der Waals surface area contributed by atoms with Gasteiger partial charge in [-0.25, -0.2) is 9.69 Å². The van der Waals surface area contributed by atoms with E-state index in [0.29, 0.717) is 17.7 Å². The molecule has 1 aromatic rings. The Morgan fingerprint density at radius 1 is 0.923 bits per heavy atom. The maximum absolute atomic E-state index is 13.1. The van der Waals surface area contributed by atoms with Gasteiger partial charge < -0.3 is 27.0 Å². The summed E-state index contributed by atoms with van der Waals surface area (Å²) in [5.74, 6) is -2.56. The van der Waals surface area contributed by atoms with E-state index in [1.165, 1.54) is 12.2 Å². The molecule has 7 amide bonds. The number of primary amides is 1. The Balaban J connectivity index is 2.02. The average Bonchev–Trinajstić information content (AvgIpc) is 3.21. The third-order valence-corrected chi connectivity index (χ3v) is 5.98. The summed E-state index contributed by atoms with van der Waals surface area (Å²) in [4.78, 5) is 74.3. The second kappa shape index (κ2) is 14.7. The first-order chi connectivity index (χ1) is 18.4. The molecular weight excluding hydrogens is 503 g/mol. The topological polar surface area (TPSA) is 180 Å². The fourth-order valence-corrected chi connectivity index (χ4v) is 3.81. The van der Waals surface area contributed by atoms with Crippen LogP contribution in [0.1, 0.15) is 39.2 Å². The number of nitrogens with two attached hydrogens (primary N) is 1. The molecule has 2 radical (unpaired) electrons. The highest BCUT2D eigenvalue weighted by molar-refractivity contribution is 6.28. The lowest BCUT2D eigenvalue weighted by atomic mass is 9.98. The third-order valence-electron chi connectivity index (χ3n) is 5.98. The van der Waals surface area contributed by atoms with Crippen molar-refractivity contribution in [2.24, 2.45) is 11.7 Å². The second-order valence-electron chi connectivity index (χ2n) is 9.62. The van der Waals surface area contributed by atoms with E-state index in [0.717, 1.165) is 4.90 Å². The van der Waals surface area contributed by atoms with Crippen molar-refractivity contribution in [3.63, 3.8) is 0 Å². The van der Waals surface area contributed by atoms with E-state index in [4.69, 9.17) is 13.6 Å². The smallest absolute Gasteiger partial charge is 0.312 e. The molecule has 0 saturated carbocycles. The number of anilines is 1. The van der Waals surface area contributed by atoms with E-state index < -0.39 is 47.7 Å². The number of imide groups is 1. The van der Waals surface area contributed by atoms with Crippen LogP contribution in [-0.4, -0.2) is 68.1 Å². The van der Waals surface area contributed by atoms with Crippen molar-refractivity contribution in [2.45, 2.75) is 64.5 Å². The van der Waals surface area contributed by atoms with Crippen molar-refractivity contribution >= 4 is 49.1 Å². The van der Waals surface area contributed by atoms with Crippen molar-refractivity contribution in [3.05, 3.63) is 42.0 Å². The van der Waals surface area contributed by atoms with E-state index in [9.17, 15) is 28.8 Å². The zero-order chi connectivity index (χ0) is 29.1. The molecule has 2 rings (SSSR count). The fraction of sp³-hybridized carbons (Fsp3) is 0.462. The largest absolute Gasteiger partial charge is 0.353 e. The number of urea groups is 1. The van der Waals surface area contributed by atoms with E-state index in [-0.39, 0.29) is 37.7 Å². The molecule has 0 bridgehead atoms. The summed E-state index contributed by atoms with van der Waals surface area (Å²) in [6, 6.07) is 3.53. The maximum Gasteiger partial charge on any atom is 0.312 e. The van der Waals surface area contributed by atoms with Crippen LogP contribution in [0.15, 0.2) is 36.4 Å². The summed E-state index contributed by atoms with van der Waals surface area (Å²) in [5, 5.41) is 10.6. The number of benzene rings is 1. The van der Waals surface area contributed by atoms with Gasteiger partial charge in [-0.2, -0.15) is 0 Å². The lowest BCUT2D eigenvalue weighted by molar-refractivity contribution is -0.133. The fourth-order valence-electron chi connectivity index (χ4n) is 3.81. The Labute approximate surface area is 228 Å². The molecule has 1 aliphatic rings. The lowest BCUT2D eigenvalue weighted by Crippen LogP contribution is -2.56. The molecule has 208 valence electrons. The molecule has 6 N–H and O–H groups in total. The number of rotatable bonds is 14. The number of carbonyl (C=O) groups is 6. The number of hydrogen-bond donors (Lipinski definition) is 5. The number of hydrogen-bond acceptors (Lipinski definition) is 6. The highest BCUT2D eigenvalue weighted by Crippen LogP contribution is 2.19. The van der Waals surface area contributed by atoms with Crippen molar-refractivity contribution in [2.75, 3.05) is 11.4 Å². The molecule has 1 aromatic carbocycles. The molecule has 0 aliphatic carbocycles. The normalized spacial score (nSPS) is 15.0. The number of amides is 7. The van der Waals surface area contributed by atoms with Crippen LogP contribution >= 0.6 is 0 Å². The average molecular weight is 538 g/mol. The number of carbonyl (C=O) groups excluding carboxylic acids is 6. The van der Waals surface area contributed by atoms with Crippen LogP contribution < -0.4 is 31.9 Å². The summed E-state index contributed by atoms with van der Waals surface area (Å²) in [6.07, 6.45) is 3.13. The van der Waals surface area contributed by atoms with E-state index >= 15 is 0 Å². The summed E-state index contributed by atoms with van der Waals surface area (Å²) in [5.41, 5.74) is 6.07. The number of nitrogens with zero attached hydrogens (tertiary/aromatic N) is 1. The first kappa shape index (κ1) is 31.1. The highest BCUT2D eigenvalue weighted by Gasteiger charge is 2.29. The first-order valence-corrected chi connectivity index (χ1v) is 12.7. The molecule has 39 heavy (non-hydrogen) atoms. The SMILES string of the molecule is [B]C[C@H](C)NC(=O)[C@H](CCCNC(N)=O)NC(=O)C(NC(=O)Cc1ccc(N2C(=O)C=CC2=O)cc1)C(C)C. The van der Waals surface area contributed by atoms with Gasteiger partial charge >= 0.3 is 6.03 Å². The van der Waals surface area contributed by atoms with Gasteiger partial charge in [-0.1, -0.05) is 32.3 Å². The molecule has 3 atom stereocenters. The molecule has 1 heterocycles. The van der Waals surface area contributed by atoms with Crippen molar-refractivity contribution in [1.82, 2.24) is 21.3 Å². The van der Waals surface area contributed by atoms with E-state index in [1.54, 1.807) is 45.0 Å². The van der Waals surface area contributed by atoms with Gasteiger partial charge in [0.15, 0.2) is 0 Å². The first-order valence-electron chi connectivity index (χ1n) is 12.7. The molecule has 1 aliphatic heterocycles. The van der Waals surface area contributed by atoms with Crippen LogP contribution in [-0.2, 0) is 30.4 Å². The Kier molecular flexibility index (Phi) is 11.7. The van der Waals surface area contributed by atoms with Gasteiger partial charge in [0.1, 0.15) is 12.1 Å². The van der Waals surface area contributed by atoms with Crippen LogP contribution in [0.5, 0.6) is 0 Å². The van der Waals surface area contributed by atoms with Gasteiger partial charge in [0.2, 0.25) is 17.7 Å². The Hall–Kier alpha value is -4.16. The molecule has 12 nitrogen and oxygen atoms in total. The zero-order valence-corrected chi connectivity index (χ0v) is 22.4. The van der Waals surface area contributed by atoms with Gasteiger partial charge in [0.05, 0.1) is 20.0 Å². The van der Waals surface area contributed by atoms with Crippen LogP contribution in [0.3, 0.4) is 0 Å². The molecule has 0 aromatic heterocycles. The minimum absolute atomic E-state index is 0.0480. The van der Waals surface area contributed by atoms with Gasteiger partial charge in [0.25, 0.3) is 11.8 Å². The molecule has 0 spiro atoms. The number of nitrogens with one attached hydrogen (secondary N) is 4. The predicted octanol–water partition coefficient (Wildman–Crippen LogP) is -0.176. The van der Waals surface area contributed by atoms with Crippen LogP contribution in [0.25, 0.3) is 0 Å². The maximum atomic E-state index is 13.1. The molecule has 0 fully saturated rings. The third kappa shape index (κ3) is 9.58. The quantitative estimate of drug-likeness (QED) is 0.125. The van der Waals surface area contributed by atoms with Crippen LogP contribution in [0.4, 0.5) is 10.5 Å². The van der Waals surface area contributed by atoms with Crippen molar-refractivity contribution in [3.8, 4) is 0 Å². The molecular formula is C26H35BN6O6. The lowest BCUT2D eigenvalue weighted by Gasteiger charge is -2.26. The Morgan fingerprint density at radius 3 is 2.08 bits per heavy atom.